The van der Waals surface area contributed by atoms with Gasteiger partial charge < -0.3 is 5.32 Å². The number of hydrogen-bond donors (Lipinski definition) is 1. The van der Waals surface area contributed by atoms with E-state index >= 15 is 0 Å². The van der Waals surface area contributed by atoms with Crippen LogP contribution >= 0.6 is 27.3 Å². The second kappa shape index (κ2) is 6.35. The molecular weight excluding hydrogens is 294 g/mol. The molecule has 17 heavy (non-hydrogen) atoms. The summed E-state index contributed by atoms with van der Waals surface area (Å²) in [4.78, 5) is 1.48. The first-order valence-electron chi connectivity index (χ1n) is 6.66. The minimum Gasteiger partial charge on any atom is -0.312 e. The molecule has 2 rings (SSSR count). The topological polar surface area (TPSA) is 12.0 Å². The summed E-state index contributed by atoms with van der Waals surface area (Å²) in [5.41, 5.74) is 0. The minimum atomic E-state index is 0.544. The van der Waals surface area contributed by atoms with Crippen molar-refractivity contribution in [3.8, 4) is 0 Å². The average Bonchev–Trinajstić information content (AvgIpc) is 2.78. The van der Waals surface area contributed by atoms with Gasteiger partial charge in [0, 0.05) is 15.4 Å². The molecule has 1 aliphatic carbocycles. The van der Waals surface area contributed by atoms with Crippen LogP contribution in [0.1, 0.15) is 49.9 Å². The van der Waals surface area contributed by atoms with E-state index in [0.717, 1.165) is 11.8 Å². The molecule has 1 aromatic heterocycles. The Hall–Kier alpha value is 0.140. The largest absolute Gasteiger partial charge is 0.312 e. The molecule has 1 N–H and O–H groups in total. The lowest BCUT2D eigenvalue weighted by Gasteiger charge is -2.33. The molecule has 1 atom stereocenters. The molecule has 96 valence electrons. The van der Waals surface area contributed by atoms with E-state index < -0.39 is 0 Å². The van der Waals surface area contributed by atoms with E-state index in [0.29, 0.717) is 6.04 Å². The molecule has 0 aliphatic heterocycles. The second-order valence-electron chi connectivity index (χ2n) is 5.09. The zero-order valence-corrected chi connectivity index (χ0v) is 13.1. The van der Waals surface area contributed by atoms with E-state index in [1.807, 2.05) is 11.3 Å². The molecule has 0 aromatic carbocycles. The number of rotatable bonds is 4. The Labute approximate surface area is 117 Å². The first-order chi connectivity index (χ1) is 8.26. The molecule has 0 bridgehead atoms. The van der Waals surface area contributed by atoms with Crippen LogP contribution in [0.25, 0.3) is 0 Å². The van der Waals surface area contributed by atoms with Gasteiger partial charge in [-0.3, -0.25) is 0 Å². The van der Waals surface area contributed by atoms with Gasteiger partial charge in [0.2, 0.25) is 0 Å². The molecule has 1 unspecified atom stereocenters. The summed E-state index contributed by atoms with van der Waals surface area (Å²) in [5, 5.41) is 5.71. The van der Waals surface area contributed by atoms with Crippen molar-refractivity contribution < 1.29 is 0 Å². The third-order valence-electron chi connectivity index (χ3n) is 4.18. The minimum absolute atomic E-state index is 0.544. The van der Waals surface area contributed by atoms with Crippen LogP contribution in [-0.4, -0.2) is 7.05 Å². The third kappa shape index (κ3) is 3.12. The summed E-state index contributed by atoms with van der Waals surface area (Å²) in [5.74, 6) is 1.80. The van der Waals surface area contributed by atoms with Gasteiger partial charge in [-0.2, -0.15) is 0 Å². The van der Waals surface area contributed by atoms with Crippen molar-refractivity contribution in [2.45, 2.75) is 45.1 Å². The summed E-state index contributed by atoms with van der Waals surface area (Å²) in [6.07, 6.45) is 6.97. The predicted molar refractivity (Wildman–Crippen MR) is 79.6 cm³/mol. The fraction of sp³-hybridized carbons (Fsp3) is 0.714. The third-order valence-corrected chi connectivity index (χ3v) is 6.13. The van der Waals surface area contributed by atoms with E-state index in [-0.39, 0.29) is 0 Å². The number of nitrogens with one attached hydrogen (secondary N) is 1. The summed E-state index contributed by atoms with van der Waals surface area (Å²) in [7, 11) is 2.10. The molecular formula is C14H22BrNS. The number of hydrogen-bond acceptors (Lipinski definition) is 2. The van der Waals surface area contributed by atoms with Crippen molar-refractivity contribution in [1.82, 2.24) is 5.32 Å². The van der Waals surface area contributed by atoms with Gasteiger partial charge in [0.1, 0.15) is 0 Å². The molecule has 1 nitrogen and oxygen atoms in total. The second-order valence-corrected chi connectivity index (χ2v) is 6.89. The average molecular weight is 316 g/mol. The summed E-state index contributed by atoms with van der Waals surface area (Å²) < 4.78 is 1.28. The van der Waals surface area contributed by atoms with Gasteiger partial charge in [-0.05, 0) is 59.1 Å². The highest BCUT2D eigenvalue weighted by Crippen LogP contribution is 2.41. The molecule has 1 heterocycles. The monoisotopic (exact) mass is 315 g/mol. The zero-order chi connectivity index (χ0) is 12.3. The van der Waals surface area contributed by atoms with E-state index in [4.69, 9.17) is 0 Å². The van der Waals surface area contributed by atoms with Crippen molar-refractivity contribution in [2.24, 2.45) is 11.8 Å². The van der Waals surface area contributed by atoms with Crippen LogP contribution in [0.2, 0.25) is 0 Å². The van der Waals surface area contributed by atoms with Crippen LogP contribution in [0.5, 0.6) is 0 Å². The molecule has 1 fully saturated rings. The lowest BCUT2D eigenvalue weighted by molar-refractivity contribution is 0.225. The predicted octanol–water partition coefficient (Wildman–Crippen LogP) is 4.99. The van der Waals surface area contributed by atoms with Crippen LogP contribution in [-0.2, 0) is 0 Å². The van der Waals surface area contributed by atoms with E-state index in [2.05, 4.69) is 46.7 Å². The Kier molecular flexibility index (Phi) is 5.07. The highest BCUT2D eigenvalue weighted by atomic mass is 79.9. The van der Waals surface area contributed by atoms with Crippen LogP contribution in [0.4, 0.5) is 0 Å². The van der Waals surface area contributed by atoms with E-state index in [1.54, 1.807) is 0 Å². The Bertz CT molecular complexity index is 342. The van der Waals surface area contributed by atoms with Crippen molar-refractivity contribution >= 4 is 27.3 Å². The molecule has 0 saturated heterocycles. The highest BCUT2D eigenvalue weighted by Gasteiger charge is 2.28. The standard InChI is InChI=1S/C14H22BrNS/c1-3-10-4-6-11(7-5-10)13(16-2)14-12(15)8-9-17-14/h8-11,13,16H,3-7H2,1-2H3. The van der Waals surface area contributed by atoms with Gasteiger partial charge in [-0.1, -0.05) is 26.2 Å². The van der Waals surface area contributed by atoms with Gasteiger partial charge in [-0.15, -0.1) is 11.3 Å². The van der Waals surface area contributed by atoms with Crippen LogP contribution < -0.4 is 5.32 Å². The van der Waals surface area contributed by atoms with Crippen molar-refractivity contribution in [1.29, 1.82) is 0 Å². The normalized spacial score (nSPS) is 27.0. The number of halogens is 1. The first-order valence-corrected chi connectivity index (χ1v) is 8.33. The molecule has 0 radical (unpaired) electrons. The van der Waals surface area contributed by atoms with Gasteiger partial charge in [0.25, 0.3) is 0 Å². The summed E-state index contributed by atoms with van der Waals surface area (Å²) >= 11 is 5.54. The Morgan fingerprint density at radius 2 is 2.12 bits per heavy atom. The van der Waals surface area contributed by atoms with Gasteiger partial charge in [-0.25, -0.2) is 0 Å². The lowest BCUT2D eigenvalue weighted by Crippen LogP contribution is -2.28. The van der Waals surface area contributed by atoms with E-state index in [9.17, 15) is 0 Å². The van der Waals surface area contributed by atoms with Crippen molar-refractivity contribution in [3.63, 3.8) is 0 Å². The van der Waals surface area contributed by atoms with Gasteiger partial charge in [0.05, 0.1) is 0 Å². The maximum atomic E-state index is 3.67. The Morgan fingerprint density at radius 1 is 1.41 bits per heavy atom. The smallest absolute Gasteiger partial charge is 0.0452 e. The molecule has 0 spiro atoms. The molecule has 1 saturated carbocycles. The van der Waals surface area contributed by atoms with E-state index in [1.165, 1.54) is 41.5 Å². The summed E-state index contributed by atoms with van der Waals surface area (Å²) in [6.45, 7) is 2.33. The van der Waals surface area contributed by atoms with Crippen LogP contribution in [0.15, 0.2) is 15.9 Å². The fourth-order valence-electron chi connectivity index (χ4n) is 3.04. The van der Waals surface area contributed by atoms with Crippen molar-refractivity contribution in [3.05, 3.63) is 20.8 Å². The Balaban J connectivity index is 2.03. The maximum absolute atomic E-state index is 3.67. The summed E-state index contributed by atoms with van der Waals surface area (Å²) in [6, 6.07) is 2.71. The molecule has 3 heteroatoms. The SMILES string of the molecule is CCC1CCC(C(NC)c2sccc2Br)CC1. The van der Waals surface area contributed by atoms with Crippen LogP contribution in [0, 0.1) is 11.8 Å². The molecule has 1 aliphatic rings. The molecule has 0 amide bonds. The van der Waals surface area contributed by atoms with Gasteiger partial charge in [0.15, 0.2) is 0 Å². The lowest BCUT2D eigenvalue weighted by atomic mass is 9.77. The first kappa shape index (κ1) is 13.6. The maximum Gasteiger partial charge on any atom is 0.0452 e. The fourth-order valence-corrected chi connectivity index (χ4v) is 4.86. The Morgan fingerprint density at radius 3 is 2.59 bits per heavy atom. The quantitative estimate of drug-likeness (QED) is 0.825. The molecule has 1 aromatic rings. The zero-order valence-electron chi connectivity index (χ0n) is 10.7. The van der Waals surface area contributed by atoms with Crippen LogP contribution in [0.3, 0.4) is 0 Å². The van der Waals surface area contributed by atoms with Crippen molar-refractivity contribution in [2.75, 3.05) is 7.05 Å². The highest BCUT2D eigenvalue weighted by molar-refractivity contribution is 9.10. The van der Waals surface area contributed by atoms with Gasteiger partial charge >= 0.3 is 0 Å². The number of thiophene rings is 1.